The van der Waals surface area contributed by atoms with Crippen molar-refractivity contribution in [2.75, 3.05) is 19.4 Å². The Kier molecular flexibility index (Phi) is 7.45. The van der Waals surface area contributed by atoms with Crippen molar-refractivity contribution >= 4 is 19.5 Å². The third kappa shape index (κ3) is 9.74. The normalized spacial score (nSPS) is 13.7. The van der Waals surface area contributed by atoms with Gasteiger partial charge >= 0.3 is 19.5 Å². The number of carboxylic acids is 1. The van der Waals surface area contributed by atoms with E-state index >= 15 is 0 Å². The Bertz CT molecular complexity index is 325. The van der Waals surface area contributed by atoms with Crippen LogP contribution in [-0.4, -0.2) is 41.3 Å². The highest BCUT2D eigenvalue weighted by molar-refractivity contribution is 7.53. The Hall–Kier alpha value is -1.17. The molecule has 0 aliphatic rings. The smallest absolute Gasteiger partial charge is 0.339 e. The summed E-state index contributed by atoms with van der Waals surface area (Å²) in [6.07, 6.45) is 0.949. The number of carboxylic acid groups (broad SMARTS) is 1. The van der Waals surface area contributed by atoms with Crippen LogP contribution >= 0.6 is 7.60 Å². The second kappa shape index (κ2) is 8.00. The van der Waals surface area contributed by atoms with E-state index < -0.39 is 25.7 Å². The zero-order chi connectivity index (χ0) is 13.3. The van der Waals surface area contributed by atoms with Gasteiger partial charge in [-0.1, -0.05) is 6.58 Å². The van der Waals surface area contributed by atoms with Crippen LogP contribution in [0.25, 0.3) is 0 Å². The summed E-state index contributed by atoms with van der Waals surface area (Å²) in [5, 5.41) is 8.30. The zero-order valence-corrected chi connectivity index (χ0v) is 10.1. The molecule has 8 heteroatoms. The summed E-state index contributed by atoms with van der Waals surface area (Å²) in [4.78, 5) is 29.8. The first-order chi connectivity index (χ1) is 7.87. The molecule has 17 heavy (non-hydrogen) atoms. The molecule has 7 nitrogen and oxygen atoms in total. The van der Waals surface area contributed by atoms with E-state index in [4.69, 9.17) is 10.00 Å². The number of unbranched alkanes of at least 4 members (excludes halogenated alkanes) is 1. The molecule has 0 radical (unpaired) electrons. The van der Waals surface area contributed by atoms with E-state index in [1.165, 1.54) is 0 Å². The molecule has 0 saturated heterocycles. The van der Waals surface area contributed by atoms with Crippen molar-refractivity contribution in [3.05, 3.63) is 12.7 Å². The summed E-state index contributed by atoms with van der Waals surface area (Å²) in [6.45, 7) is 3.30. The number of carbonyl (C=O) groups is 2. The summed E-state index contributed by atoms with van der Waals surface area (Å²) in [7, 11) is -4.05. The second-order valence-corrected chi connectivity index (χ2v) is 4.95. The molecule has 0 fully saturated rings. The highest BCUT2D eigenvalue weighted by atomic mass is 31.2. The molecule has 0 aliphatic heterocycles. The van der Waals surface area contributed by atoms with Crippen molar-refractivity contribution in [3.8, 4) is 0 Å². The van der Waals surface area contributed by atoms with E-state index in [0.29, 0.717) is 12.8 Å². The largest absolute Gasteiger partial charge is 0.481 e. The van der Waals surface area contributed by atoms with Gasteiger partial charge in [0.2, 0.25) is 0 Å². The number of hydrogen-bond acceptors (Lipinski definition) is 5. The first-order valence-corrected chi connectivity index (χ1v) is 6.61. The van der Waals surface area contributed by atoms with Gasteiger partial charge in [-0.3, -0.25) is 9.36 Å². The Balaban J connectivity index is 3.57. The minimum atomic E-state index is -4.05. The fourth-order valence-electron chi connectivity index (χ4n) is 0.860. The number of aliphatic carboxylic acids is 1. The summed E-state index contributed by atoms with van der Waals surface area (Å²) in [5.41, 5.74) is 0. The molecule has 2 N–H and O–H groups in total. The quantitative estimate of drug-likeness (QED) is 0.274. The van der Waals surface area contributed by atoms with Gasteiger partial charge in [-0.05, 0) is 12.8 Å². The van der Waals surface area contributed by atoms with Crippen LogP contribution in [0.1, 0.15) is 12.8 Å². The monoisotopic (exact) mass is 266 g/mol. The maximum Gasteiger partial charge on any atom is 0.339 e. The third-order valence-electron chi connectivity index (χ3n) is 1.58. The Labute approximate surface area is 98.6 Å². The summed E-state index contributed by atoms with van der Waals surface area (Å²) >= 11 is 0. The lowest BCUT2D eigenvalue weighted by atomic mass is 10.3. The molecular formula is C9H15O7P. The van der Waals surface area contributed by atoms with Gasteiger partial charge in [0.25, 0.3) is 0 Å². The molecule has 1 atom stereocenters. The average molecular weight is 266 g/mol. The molecule has 0 rings (SSSR count). The minimum Gasteiger partial charge on any atom is -0.481 e. The molecule has 98 valence electrons. The molecule has 0 aromatic carbocycles. The molecule has 0 aromatic rings. The SMILES string of the molecule is C=CC(=O)OCCCCOP(=O)(O)CC(=O)O. The Morgan fingerprint density at radius 1 is 1.29 bits per heavy atom. The van der Waals surface area contributed by atoms with Crippen LogP contribution < -0.4 is 0 Å². The van der Waals surface area contributed by atoms with Gasteiger partial charge in [-0.15, -0.1) is 0 Å². The van der Waals surface area contributed by atoms with Gasteiger partial charge in [-0.25, -0.2) is 4.79 Å². The Morgan fingerprint density at radius 2 is 1.88 bits per heavy atom. The maximum atomic E-state index is 11.1. The lowest BCUT2D eigenvalue weighted by molar-refractivity contribution is -0.138. The standard InChI is InChI=1S/C9H15O7P/c1-2-9(12)15-5-3-4-6-16-17(13,14)7-8(10)11/h2H,1,3-7H2,(H,10,11)(H,13,14). The average Bonchev–Trinajstić information content (AvgIpc) is 2.20. The third-order valence-corrected chi connectivity index (χ3v) is 2.83. The van der Waals surface area contributed by atoms with E-state index in [0.717, 1.165) is 6.08 Å². The number of ether oxygens (including phenoxy) is 1. The van der Waals surface area contributed by atoms with Gasteiger partial charge in [0.15, 0.2) is 0 Å². The number of esters is 1. The minimum absolute atomic E-state index is 0.0628. The van der Waals surface area contributed by atoms with Crippen LogP contribution in [-0.2, 0) is 23.4 Å². The van der Waals surface area contributed by atoms with E-state index in [2.05, 4.69) is 15.8 Å². The van der Waals surface area contributed by atoms with Crippen molar-refractivity contribution in [1.29, 1.82) is 0 Å². The summed E-state index contributed by atoms with van der Waals surface area (Å²) in [5.74, 6) is -1.93. The first kappa shape index (κ1) is 15.8. The second-order valence-electron chi connectivity index (χ2n) is 3.10. The molecule has 0 heterocycles. The van der Waals surface area contributed by atoms with Crippen molar-refractivity contribution < 1.29 is 33.4 Å². The summed E-state index contributed by atoms with van der Waals surface area (Å²) < 4.78 is 20.3. The van der Waals surface area contributed by atoms with Crippen LogP contribution in [0.5, 0.6) is 0 Å². The Morgan fingerprint density at radius 3 is 2.41 bits per heavy atom. The molecular weight excluding hydrogens is 251 g/mol. The molecule has 0 aromatic heterocycles. The van der Waals surface area contributed by atoms with Crippen LogP contribution in [0.15, 0.2) is 12.7 Å². The van der Waals surface area contributed by atoms with Crippen molar-refractivity contribution in [2.45, 2.75) is 12.8 Å². The predicted molar refractivity (Wildman–Crippen MR) is 58.7 cm³/mol. The first-order valence-electron chi connectivity index (χ1n) is 4.85. The molecule has 0 aliphatic carbocycles. The molecule has 0 spiro atoms. The van der Waals surface area contributed by atoms with Crippen molar-refractivity contribution in [1.82, 2.24) is 0 Å². The van der Waals surface area contributed by atoms with Crippen molar-refractivity contribution in [3.63, 3.8) is 0 Å². The van der Waals surface area contributed by atoms with Crippen molar-refractivity contribution in [2.24, 2.45) is 0 Å². The van der Waals surface area contributed by atoms with Gasteiger partial charge in [0, 0.05) is 6.08 Å². The van der Waals surface area contributed by atoms with E-state index in [9.17, 15) is 14.2 Å². The fourth-order valence-corrected chi connectivity index (χ4v) is 1.71. The van der Waals surface area contributed by atoms with Gasteiger partial charge in [0.05, 0.1) is 13.2 Å². The highest BCUT2D eigenvalue weighted by Crippen LogP contribution is 2.41. The number of hydrogen-bond donors (Lipinski definition) is 2. The van der Waals surface area contributed by atoms with Crippen LogP contribution in [0, 0.1) is 0 Å². The van der Waals surface area contributed by atoms with Crippen LogP contribution in [0.4, 0.5) is 0 Å². The predicted octanol–water partition coefficient (Wildman–Crippen LogP) is 0.782. The van der Waals surface area contributed by atoms with E-state index in [1.54, 1.807) is 0 Å². The zero-order valence-electron chi connectivity index (χ0n) is 9.20. The van der Waals surface area contributed by atoms with Gasteiger partial charge < -0.3 is 19.3 Å². The van der Waals surface area contributed by atoms with Crippen LogP contribution in [0.3, 0.4) is 0 Å². The summed E-state index contributed by atoms with van der Waals surface area (Å²) in [6, 6.07) is 0. The topological polar surface area (TPSA) is 110 Å². The molecule has 0 amide bonds. The van der Waals surface area contributed by atoms with Crippen LogP contribution in [0.2, 0.25) is 0 Å². The van der Waals surface area contributed by atoms with Gasteiger partial charge in [-0.2, -0.15) is 0 Å². The molecule has 0 bridgehead atoms. The number of rotatable bonds is 9. The lowest BCUT2D eigenvalue weighted by Crippen LogP contribution is -2.07. The number of carbonyl (C=O) groups excluding carboxylic acids is 1. The van der Waals surface area contributed by atoms with E-state index in [1.807, 2.05) is 0 Å². The lowest BCUT2D eigenvalue weighted by Gasteiger charge is -2.09. The highest BCUT2D eigenvalue weighted by Gasteiger charge is 2.23. The van der Waals surface area contributed by atoms with E-state index in [-0.39, 0.29) is 13.2 Å². The molecule has 1 unspecified atom stereocenters. The van der Waals surface area contributed by atoms with Gasteiger partial charge in [0.1, 0.15) is 6.16 Å². The fraction of sp³-hybridized carbons (Fsp3) is 0.556. The molecule has 0 saturated carbocycles. The maximum absolute atomic E-state index is 11.1.